The molecule has 1 aromatic heterocycles. The van der Waals surface area contributed by atoms with Gasteiger partial charge < -0.3 is 20.6 Å². The second-order valence-electron chi connectivity index (χ2n) is 6.04. The largest absolute Gasteiger partial charge is 0.485 e. The van der Waals surface area contributed by atoms with E-state index in [4.69, 9.17) is 15.3 Å². The summed E-state index contributed by atoms with van der Waals surface area (Å²) in [6.07, 6.45) is 0. The number of nitrogens with two attached hydrogens (primary N) is 1. The van der Waals surface area contributed by atoms with Crippen LogP contribution in [0.4, 0.5) is 0 Å². The molecular formula is C17H25N5O3S. The molecule has 142 valence electrons. The topological polar surface area (TPSA) is 104 Å². The number of aryl methyl sites for hydroxylation is 2. The number of thioether (sulfide) groups is 1. The van der Waals surface area contributed by atoms with E-state index in [-0.39, 0.29) is 24.3 Å². The number of rotatable bonds is 9. The number of hydrogen-bond donors (Lipinski definition) is 2. The average molecular weight is 379 g/mol. The molecule has 0 saturated heterocycles. The minimum absolute atomic E-state index is 0.0504. The lowest BCUT2D eigenvalue weighted by Gasteiger charge is -2.12. The van der Waals surface area contributed by atoms with Gasteiger partial charge in [-0.1, -0.05) is 29.5 Å². The summed E-state index contributed by atoms with van der Waals surface area (Å²) in [5.74, 6) is 7.35. The first-order valence-electron chi connectivity index (χ1n) is 8.21. The Kier molecular flexibility index (Phi) is 7.28. The van der Waals surface area contributed by atoms with Crippen molar-refractivity contribution in [2.45, 2.75) is 38.6 Å². The molecule has 1 aromatic carbocycles. The summed E-state index contributed by atoms with van der Waals surface area (Å²) in [4.78, 5) is 11.9. The highest BCUT2D eigenvalue weighted by Crippen LogP contribution is 2.20. The lowest BCUT2D eigenvalue weighted by Crippen LogP contribution is -2.36. The van der Waals surface area contributed by atoms with Crippen molar-refractivity contribution in [2.75, 3.05) is 25.3 Å². The molecule has 9 heteroatoms. The van der Waals surface area contributed by atoms with Gasteiger partial charge in [0.1, 0.15) is 12.4 Å². The van der Waals surface area contributed by atoms with E-state index in [1.165, 1.54) is 22.0 Å². The van der Waals surface area contributed by atoms with Gasteiger partial charge in [-0.2, -0.15) is 0 Å². The van der Waals surface area contributed by atoms with Crippen molar-refractivity contribution in [3.63, 3.8) is 0 Å². The molecule has 0 unspecified atom stereocenters. The Bertz CT molecular complexity index is 750. The van der Waals surface area contributed by atoms with Gasteiger partial charge in [0.15, 0.2) is 5.82 Å². The maximum Gasteiger partial charge on any atom is 0.230 e. The van der Waals surface area contributed by atoms with Crippen molar-refractivity contribution in [3.8, 4) is 5.75 Å². The summed E-state index contributed by atoms with van der Waals surface area (Å²) < 4.78 is 12.1. The van der Waals surface area contributed by atoms with E-state index in [0.717, 1.165) is 11.3 Å². The predicted octanol–water partition coefficient (Wildman–Crippen LogP) is 1.43. The number of benzene rings is 1. The Morgan fingerprint density at radius 2 is 2.15 bits per heavy atom. The Labute approximate surface area is 157 Å². The molecular weight excluding hydrogens is 354 g/mol. The molecule has 0 spiro atoms. The summed E-state index contributed by atoms with van der Waals surface area (Å²) in [5.41, 5.74) is 2.22. The van der Waals surface area contributed by atoms with Gasteiger partial charge in [0.2, 0.25) is 11.1 Å². The van der Waals surface area contributed by atoms with E-state index >= 15 is 0 Å². The van der Waals surface area contributed by atoms with Crippen LogP contribution in [0.15, 0.2) is 23.4 Å². The third-order valence-corrected chi connectivity index (χ3v) is 4.52. The molecule has 8 nitrogen and oxygen atoms in total. The molecule has 0 aliphatic carbocycles. The van der Waals surface area contributed by atoms with Crippen LogP contribution < -0.4 is 15.9 Å². The minimum atomic E-state index is -0.115. The maximum absolute atomic E-state index is 11.9. The number of carbonyl (C=O) groups is 1. The van der Waals surface area contributed by atoms with Crippen LogP contribution >= 0.6 is 11.8 Å². The zero-order valence-corrected chi connectivity index (χ0v) is 16.3. The summed E-state index contributed by atoms with van der Waals surface area (Å²) in [6, 6.07) is 5.90. The van der Waals surface area contributed by atoms with Crippen LogP contribution in [-0.4, -0.2) is 46.3 Å². The standard InChI is InChI=1S/C17H25N5O3S/c1-11-5-6-14(12(2)7-11)25-9-15-20-21-17(22(15)18)26-10-16(23)19-13(3)8-24-4/h5-7,13H,8-10,18H2,1-4H3,(H,19,23)/t13-/m0/s1. The fourth-order valence-corrected chi connectivity index (χ4v) is 3.03. The third-order valence-electron chi connectivity index (χ3n) is 3.58. The minimum Gasteiger partial charge on any atom is -0.485 e. The van der Waals surface area contributed by atoms with Gasteiger partial charge in [-0.05, 0) is 32.4 Å². The second-order valence-corrected chi connectivity index (χ2v) is 6.98. The number of methoxy groups -OCH3 is 1. The quantitative estimate of drug-likeness (QED) is 0.502. The maximum atomic E-state index is 11.9. The van der Waals surface area contributed by atoms with Crippen molar-refractivity contribution in [3.05, 3.63) is 35.2 Å². The van der Waals surface area contributed by atoms with Crippen molar-refractivity contribution in [2.24, 2.45) is 0 Å². The van der Waals surface area contributed by atoms with Gasteiger partial charge in [-0.15, -0.1) is 10.2 Å². The van der Waals surface area contributed by atoms with Crippen LogP contribution in [0.2, 0.25) is 0 Å². The normalized spacial score (nSPS) is 12.0. The molecule has 3 N–H and O–H groups in total. The Morgan fingerprint density at radius 1 is 1.38 bits per heavy atom. The molecule has 2 aromatic rings. The summed E-state index contributed by atoms with van der Waals surface area (Å²) >= 11 is 1.22. The van der Waals surface area contributed by atoms with Crippen LogP contribution in [0.25, 0.3) is 0 Å². The van der Waals surface area contributed by atoms with Crippen LogP contribution in [0.1, 0.15) is 23.9 Å². The molecule has 0 fully saturated rings. The average Bonchev–Trinajstić information content (AvgIpc) is 2.92. The number of nitrogens with zero attached hydrogens (tertiary/aromatic N) is 3. The van der Waals surface area contributed by atoms with Gasteiger partial charge in [0, 0.05) is 13.2 Å². The number of carbonyl (C=O) groups excluding carboxylic acids is 1. The van der Waals surface area contributed by atoms with Crippen LogP contribution in [0, 0.1) is 13.8 Å². The van der Waals surface area contributed by atoms with Crippen molar-refractivity contribution < 1.29 is 14.3 Å². The Morgan fingerprint density at radius 3 is 2.85 bits per heavy atom. The number of nitrogen functional groups attached to an aromatic ring is 1. The number of hydrogen-bond acceptors (Lipinski definition) is 7. The van der Waals surface area contributed by atoms with Gasteiger partial charge >= 0.3 is 0 Å². The lowest BCUT2D eigenvalue weighted by molar-refractivity contribution is -0.119. The Hall–Kier alpha value is -2.26. The van der Waals surface area contributed by atoms with Gasteiger partial charge in [-0.25, -0.2) is 4.68 Å². The van der Waals surface area contributed by atoms with Crippen molar-refractivity contribution in [1.82, 2.24) is 20.2 Å². The van der Waals surface area contributed by atoms with Crippen molar-refractivity contribution >= 4 is 17.7 Å². The van der Waals surface area contributed by atoms with Gasteiger partial charge in [0.25, 0.3) is 0 Å². The molecule has 26 heavy (non-hydrogen) atoms. The molecule has 1 amide bonds. The van der Waals surface area contributed by atoms with E-state index in [0.29, 0.717) is 17.6 Å². The predicted molar refractivity (Wildman–Crippen MR) is 101 cm³/mol. The lowest BCUT2D eigenvalue weighted by atomic mass is 10.1. The number of amides is 1. The SMILES string of the molecule is COC[C@H](C)NC(=O)CSc1nnc(COc2ccc(C)cc2C)n1N. The summed E-state index contributed by atoms with van der Waals surface area (Å²) in [5, 5.41) is 11.3. The summed E-state index contributed by atoms with van der Waals surface area (Å²) in [6.45, 7) is 6.55. The third kappa shape index (κ3) is 5.63. The van der Waals surface area contributed by atoms with E-state index < -0.39 is 0 Å². The molecule has 0 aliphatic heterocycles. The van der Waals surface area contributed by atoms with E-state index in [2.05, 4.69) is 15.5 Å². The molecule has 0 radical (unpaired) electrons. The molecule has 0 aliphatic rings. The second kappa shape index (κ2) is 9.44. The fourth-order valence-electron chi connectivity index (χ4n) is 2.35. The summed E-state index contributed by atoms with van der Waals surface area (Å²) in [7, 11) is 1.59. The zero-order valence-electron chi connectivity index (χ0n) is 15.5. The fraction of sp³-hybridized carbons (Fsp3) is 0.471. The Balaban J connectivity index is 1.88. The molecule has 0 saturated carbocycles. The first-order valence-corrected chi connectivity index (χ1v) is 9.19. The molecule has 1 atom stereocenters. The number of aromatic nitrogens is 3. The highest BCUT2D eigenvalue weighted by molar-refractivity contribution is 7.99. The zero-order chi connectivity index (χ0) is 19.1. The first-order chi connectivity index (χ1) is 12.4. The van der Waals surface area contributed by atoms with E-state index in [9.17, 15) is 4.79 Å². The molecule has 2 rings (SSSR count). The van der Waals surface area contributed by atoms with E-state index in [1.54, 1.807) is 7.11 Å². The van der Waals surface area contributed by atoms with Crippen LogP contribution in [0.5, 0.6) is 5.75 Å². The van der Waals surface area contributed by atoms with Crippen LogP contribution in [-0.2, 0) is 16.1 Å². The monoisotopic (exact) mass is 379 g/mol. The van der Waals surface area contributed by atoms with E-state index in [1.807, 2.05) is 39.0 Å². The highest BCUT2D eigenvalue weighted by atomic mass is 32.2. The molecule has 0 bridgehead atoms. The van der Waals surface area contributed by atoms with Gasteiger partial charge in [-0.3, -0.25) is 4.79 Å². The molecule has 1 heterocycles. The smallest absolute Gasteiger partial charge is 0.230 e. The highest BCUT2D eigenvalue weighted by Gasteiger charge is 2.14. The van der Waals surface area contributed by atoms with Gasteiger partial charge in [0.05, 0.1) is 12.4 Å². The number of nitrogens with one attached hydrogen (secondary N) is 1. The van der Waals surface area contributed by atoms with Crippen LogP contribution in [0.3, 0.4) is 0 Å². The number of ether oxygens (including phenoxy) is 2. The first kappa shape index (κ1) is 20.1. The van der Waals surface area contributed by atoms with Crippen molar-refractivity contribution in [1.29, 1.82) is 0 Å².